The van der Waals surface area contributed by atoms with Crippen molar-refractivity contribution in [3.8, 4) is 0 Å². The van der Waals surface area contributed by atoms with Crippen LogP contribution in [0, 0.1) is 0 Å². The summed E-state index contributed by atoms with van der Waals surface area (Å²) in [4.78, 5) is 23.0. The molecule has 8 heteroatoms. The highest BCUT2D eigenvalue weighted by atomic mass is 31.2. The van der Waals surface area contributed by atoms with Crippen LogP contribution >= 0.6 is 7.60 Å². The summed E-state index contributed by atoms with van der Waals surface area (Å²) in [6.45, 7) is 4.10. The van der Waals surface area contributed by atoms with Gasteiger partial charge in [0.1, 0.15) is 0 Å². The van der Waals surface area contributed by atoms with Crippen LogP contribution in [0.15, 0.2) is 54.6 Å². The average molecular weight is 393 g/mol. The maximum atomic E-state index is 12.5. The summed E-state index contributed by atoms with van der Waals surface area (Å²) in [7, 11) is -4.08. The standard InChI is InChI=1S/C19H24NO6P/c1-3-18(25-4-2)26-27(23,24)17-12-10-16(11-13-17)20(19(21)22)14-15-8-6-5-7-9-15/h5-13,18H,3-4,14H2,1-2H3,(H,21,22)(H,23,24). The Bertz CT molecular complexity index is 781. The molecule has 2 aromatic rings. The van der Waals surface area contributed by atoms with Crippen LogP contribution < -0.4 is 10.2 Å². The third-order valence-corrected chi connectivity index (χ3v) is 5.32. The van der Waals surface area contributed by atoms with E-state index in [9.17, 15) is 19.4 Å². The van der Waals surface area contributed by atoms with Crippen molar-refractivity contribution in [2.45, 2.75) is 33.1 Å². The molecule has 2 unspecified atom stereocenters. The Morgan fingerprint density at radius 2 is 1.74 bits per heavy atom. The average Bonchev–Trinajstić information content (AvgIpc) is 2.66. The van der Waals surface area contributed by atoms with E-state index in [0.717, 1.165) is 10.5 Å². The van der Waals surface area contributed by atoms with Crippen molar-refractivity contribution < 1.29 is 28.6 Å². The first-order valence-corrected chi connectivity index (χ1v) is 10.2. The fraction of sp³-hybridized carbons (Fsp3) is 0.316. The van der Waals surface area contributed by atoms with Gasteiger partial charge in [0.25, 0.3) is 0 Å². The lowest BCUT2D eigenvalue weighted by Crippen LogP contribution is -2.28. The number of carbonyl (C=O) groups is 1. The molecule has 146 valence electrons. The first kappa shape index (κ1) is 21.1. The fourth-order valence-corrected chi connectivity index (χ4v) is 3.66. The molecule has 0 saturated heterocycles. The molecule has 2 rings (SSSR count). The zero-order chi connectivity index (χ0) is 19.9. The second-order valence-corrected chi connectivity index (χ2v) is 7.56. The van der Waals surface area contributed by atoms with E-state index in [0.29, 0.717) is 18.7 Å². The maximum Gasteiger partial charge on any atom is 0.412 e. The minimum atomic E-state index is -4.08. The number of hydrogen-bond acceptors (Lipinski definition) is 4. The van der Waals surface area contributed by atoms with Gasteiger partial charge in [-0.3, -0.25) is 14.0 Å². The molecule has 0 bridgehead atoms. The first-order chi connectivity index (χ1) is 12.9. The molecule has 2 atom stereocenters. The number of benzene rings is 2. The van der Waals surface area contributed by atoms with Crippen molar-refractivity contribution in [3.05, 3.63) is 60.2 Å². The van der Waals surface area contributed by atoms with Gasteiger partial charge in [0.05, 0.1) is 11.8 Å². The minimum Gasteiger partial charge on any atom is -0.465 e. The van der Waals surface area contributed by atoms with Gasteiger partial charge in [-0.05, 0) is 43.2 Å². The molecule has 0 spiro atoms. The van der Waals surface area contributed by atoms with Crippen LogP contribution in [0.2, 0.25) is 0 Å². The zero-order valence-corrected chi connectivity index (χ0v) is 16.2. The molecule has 0 aliphatic heterocycles. The molecule has 0 aliphatic rings. The molecule has 0 fully saturated rings. The second kappa shape index (κ2) is 9.67. The maximum absolute atomic E-state index is 12.5. The summed E-state index contributed by atoms with van der Waals surface area (Å²) in [5, 5.41) is 9.59. The van der Waals surface area contributed by atoms with Gasteiger partial charge in [-0.15, -0.1) is 0 Å². The van der Waals surface area contributed by atoms with Crippen LogP contribution in [0.1, 0.15) is 25.8 Å². The number of anilines is 1. The molecule has 0 radical (unpaired) electrons. The Morgan fingerprint density at radius 1 is 1.11 bits per heavy atom. The molecule has 0 aliphatic carbocycles. The third kappa shape index (κ3) is 5.91. The van der Waals surface area contributed by atoms with Crippen LogP contribution in [0.3, 0.4) is 0 Å². The van der Waals surface area contributed by atoms with E-state index >= 15 is 0 Å². The smallest absolute Gasteiger partial charge is 0.412 e. The Kier molecular flexibility index (Phi) is 7.56. The number of amides is 1. The van der Waals surface area contributed by atoms with Gasteiger partial charge in [0.2, 0.25) is 0 Å². The van der Waals surface area contributed by atoms with Crippen molar-refractivity contribution in [1.29, 1.82) is 0 Å². The molecule has 2 N–H and O–H groups in total. The highest BCUT2D eigenvalue weighted by molar-refractivity contribution is 7.61. The van der Waals surface area contributed by atoms with Crippen molar-refractivity contribution in [2.24, 2.45) is 0 Å². The highest BCUT2D eigenvalue weighted by Gasteiger charge is 2.27. The highest BCUT2D eigenvalue weighted by Crippen LogP contribution is 2.43. The zero-order valence-electron chi connectivity index (χ0n) is 15.3. The van der Waals surface area contributed by atoms with Gasteiger partial charge in [0, 0.05) is 12.3 Å². The van der Waals surface area contributed by atoms with Crippen LogP contribution in [0.25, 0.3) is 0 Å². The lowest BCUT2D eigenvalue weighted by Gasteiger charge is -2.22. The molecule has 0 aromatic heterocycles. The Labute approximate surface area is 158 Å². The summed E-state index contributed by atoms with van der Waals surface area (Å²) >= 11 is 0. The van der Waals surface area contributed by atoms with Crippen LogP contribution in [-0.2, 0) is 20.4 Å². The predicted molar refractivity (Wildman–Crippen MR) is 103 cm³/mol. The molecule has 1 amide bonds. The monoisotopic (exact) mass is 393 g/mol. The Morgan fingerprint density at radius 3 is 2.26 bits per heavy atom. The second-order valence-electron chi connectivity index (χ2n) is 5.79. The van der Waals surface area contributed by atoms with Crippen molar-refractivity contribution >= 4 is 24.7 Å². The number of ether oxygens (including phenoxy) is 1. The van der Waals surface area contributed by atoms with Crippen LogP contribution in [0.5, 0.6) is 0 Å². The summed E-state index contributed by atoms with van der Waals surface area (Å²) in [6, 6.07) is 15.0. The van der Waals surface area contributed by atoms with E-state index in [-0.39, 0.29) is 11.8 Å². The number of hydrogen-bond donors (Lipinski definition) is 2. The van der Waals surface area contributed by atoms with E-state index < -0.39 is 20.0 Å². The number of carboxylic acid groups (broad SMARTS) is 1. The van der Waals surface area contributed by atoms with E-state index in [2.05, 4.69) is 0 Å². The molecule has 0 heterocycles. The van der Waals surface area contributed by atoms with Crippen LogP contribution in [-0.4, -0.2) is 29.0 Å². The first-order valence-electron chi connectivity index (χ1n) is 8.65. The van der Waals surface area contributed by atoms with Gasteiger partial charge in [-0.1, -0.05) is 37.3 Å². The number of rotatable bonds is 9. The SMILES string of the molecule is CCOC(CC)OP(=O)(O)c1ccc(N(Cc2ccccc2)C(=O)O)cc1. The number of nitrogens with zero attached hydrogens (tertiary/aromatic N) is 1. The lowest BCUT2D eigenvalue weighted by atomic mass is 10.2. The van der Waals surface area contributed by atoms with Crippen molar-refractivity contribution in [2.75, 3.05) is 11.5 Å². The van der Waals surface area contributed by atoms with Crippen molar-refractivity contribution in [1.82, 2.24) is 0 Å². The van der Waals surface area contributed by atoms with Crippen LogP contribution in [0.4, 0.5) is 10.5 Å². The summed E-state index contributed by atoms with van der Waals surface area (Å²) in [6.07, 6.45) is -1.46. The summed E-state index contributed by atoms with van der Waals surface area (Å²) in [5.41, 5.74) is 1.23. The lowest BCUT2D eigenvalue weighted by molar-refractivity contribution is -0.0797. The molecule has 0 saturated carbocycles. The topological polar surface area (TPSA) is 96.3 Å². The fourth-order valence-electron chi connectivity index (χ4n) is 2.49. The minimum absolute atomic E-state index is 0.0782. The summed E-state index contributed by atoms with van der Waals surface area (Å²) < 4.78 is 23.0. The van der Waals surface area contributed by atoms with E-state index in [4.69, 9.17) is 9.26 Å². The molecule has 7 nitrogen and oxygen atoms in total. The van der Waals surface area contributed by atoms with Gasteiger partial charge < -0.3 is 14.7 Å². The van der Waals surface area contributed by atoms with E-state index in [1.165, 1.54) is 24.3 Å². The predicted octanol–water partition coefficient (Wildman–Crippen LogP) is 3.97. The normalized spacial score (nSPS) is 14.3. The third-order valence-electron chi connectivity index (χ3n) is 3.85. The van der Waals surface area contributed by atoms with Gasteiger partial charge in [0.15, 0.2) is 6.29 Å². The van der Waals surface area contributed by atoms with E-state index in [1.807, 2.05) is 30.3 Å². The van der Waals surface area contributed by atoms with E-state index in [1.54, 1.807) is 13.8 Å². The largest absolute Gasteiger partial charge is 0.465 e. The molecular weight excluding hydrogens is 369 g/mol. The van der Waals surface area contributed by atoms with Gasteiger partial charge in [-0.2, -0.15) is 0 Å². The quantitative estimate of drug-likeness (QED) is 0.494. The molecular formula is C19H24NO6P. The Hall–Kier alpha value is -2.18. The molecule has 27 heavy (non-hydrogen) atoms. The summed E-state index contributed by atoms with van der Waals surface area (Å²) in [5.74, 6) is 0. The molecule has 2 aromatic carbocycles. The Balaban J connectivity index is 2.18. The van der Waals surface area contributed by atoms with Gasteiger partial charge >= 0.3 is 13.7 Å². The van der Waals surface area contributed by atoms with Crippen molar-refractivity contribution in [3.63, 3.8) is 0 Å². The van der Waals surface area contributed by atoms with Gasteiger partial charge in [-0.25, -0.2) is 4.79 Å².